The molecule has 0 amide bonds. The summed E-state index contributed by atoms with van der Waals surface area (Å²) in [4.78, 5) is 14.0. The number of nitro benzene ring substituents is 1. The van der Waals surface area contributed by atoms with Crippen LogP contribution in [0.1, 0.15) is 0 Å². The van der Waals surface area contributed by atoms with Gasteiger partial charge in [0.15, 0.2) is 17.4 Å². The molecule has 6 heteroatoms. The van der Waals surface area contributed by atoms with Crippen molar-refractivity contribution in [1.82, 2.24) is 4.98 Å². The van der Waals surface area contributed by atoms with Gasteiger partial charge in [-0.25, -0.2) is 0 Å². The van der Waals surface area contributed by atoms with Gasteiger partial charge in [-0.1, -0.05) is 0 Å². The maximum Gasteiger partial charge on any atom is 0.279 e. The highest BCUT2D eigenvalue weighted by Crippen LogP contribution is 2.29. The normalized spacial score (nSPS) is 9.60. The monoisotopic (exact) mass is 220 g/mol. The molecule has 0 aliphatic heterocycles. The third-order valence-electron chi connectivity index (χ3n) is 1.92. The zero-order chi connectivity index (χ0) is 10.1. The zero-order valence-corrected chi connectivity index (χ0v) is 7.04. The van der Waals surface area contributed by atoms with E-state index in [0.717, 1.165) is 0 Å². The Bertz CT molecular complexity index is 516. The summed E-state index contributed by atoms with van der Waals surface area (Å²) in [6, 6.07) is 5.68. The number of benzene rings is 1. The quantitative estimate of drug-likeness (QED) is 0.435. The SMILES string of the molecule is O=[N+]([O-])c1ccc(O)c2ncccc12.[AlH3]. The van der Waals surface area contributed by atoms with Crippen molar-refractivity contribution in [3.63, 3.8) is 0 Å². The number of phenolic OH excluding ortho intramolecular Hbond substituents is 1. The Morgan fingerprint density at radius 2 is 2.07 bits per heavy atom. The van der Waals surface area contributed by atoms with Crippen LogP contribution in [-0.4, -0.2) is 32.4 Å². The smallest absolute Gasteiger partial charge is 0.279 e. The van der Waals surface area contributed by atoms with Crippen LogP contribution in [0.3, 0.4) is 0 Å². The molecule has 0 bridgehead atoms. The molecular weight excluding hydrogens is 211 g/mol. The fourth-order valence-corrected chi connectivity index (χ4v) is 1.30. The summed E-state index contributed by atoms with van der Waals surface area (Å²) in [6.07, 6.45) is 1.48. The second kappa shape index (κ2) is 4.26. The minimum absolute atomic E-state index is 0. The third kappa shape index (κ3) is 1.91. The van der Waals surface area contributed by atoms with E-state index >= 15 is 0 Å². The summed E-state index contributed by atoms with van der Waals surface area (Å²) < 4.78 is 0. The van der Waals surface area contributed by atoms with E-state index in [2.05, 4.69) is 4.98 Å². The van der Waals surface area contributed by atoms with Crippen LogP contribution in [-0.2, 0) is 0 Å². The maximum atomic E-state index is 10.6. The lowest BCUT2D eigenvalue weighted by molar-refractivity contribution is -0.383. The van der Waals surface area contributed by atoms with Gasteiger partial charge in [0, 0.05) is 12.3 Å². The number of non-ortho nitro benzene ring substituents is 1. The molecular formula is C9H9AlN2O3. The molecule has 0 unspecified atom stereocenters. The highest BCUT2D eigenvalue weighted by Gasteiger charge is 2.13. The number of nitro groups is 1. The van der Waals surface area contributed by atoms with Gasteiger partial charge in [-0.15, -0.1) is 0 Å². The van der Waals surface area contributed by atoms with E-state index < -0.39 is 4.92 Å². The van der Waals surface area contributed by atoms with Gasteiger partial charge < -0.3 is 5.11 Å². The van der Waals surface area contributed by atoms with Crippen molar-refractivity contribution < 1.29 is 10.0 Å². The molecule has 1 aromatic carbocycles. The Balaban J connectivity index is 0.00000112. The average molecular weight is 220 g/mol. The average Bonchev–Trinajstić information content (AvgIpc) is 2.18. The molecule has 0 atom stereocenters. The van der Waals surface area contributed by atoms with Crippen molar-refractivity contribution in [2.75, 3.05) is 0 Å². The van der Waals surface area contributed by atoms with Crippen molar-refractivity contribution in [3.8, 4) is 5.75 Å². The highest BCUT2D eigenvalue weighted by molar-refractivity contribution is 5.91. The molecule has 1 aromatic heterocycles. The molecule has 5 nitrogen and oxygen atoms in total. The van der Waals surface area contributed by atoms with Crippen LogP contribution in [0.25, 0.3) is 10.9 Å². The predicted octanol–water partition coefficient (Wildman–Crippen LogP) is 0.665. The zero-order valence-electron chi connectivity index (χ0n) is 7.04. The summed E-state index contributed by atoms with van der Waals surface area (Å²) in [7, 11) is 0. The highest BCUT2D eigenvalue weighted by atomic mass is 27.0. The van der Waals surface area contributed by atoms with Crippen molar-refractivity contribution in [1.29, 1.82) is 0 Å². The van der Waals surface area contributed by atoms with Crippen LogP contribution in [0.2, 0.25) is 0 Å². The minimum atomic E-state index is -0.497. The van der Waals surface area contributed by atoms with Crippen LogP contribution in [0.4, 0.5) is 5.69 Å². The number of hydrogen-bond acceptors (Lipinski definition) is 4. The predicted molar refractivity (Wildman–Crippen MR) is 60.0 cm³/mol. The number of aromatic nitrogens is 1. The van der Waals surface area contributed by atoms with Crippen LogP contribution in [0.15, 0.2) is 30.5 Å². The van der Waals surface area contributed by atoms with Gasteiger partial charge in [0.05, 0.1) is 10.3 Å². The van der Waals surface area contributed by atoms with E-state index in [1.807, 2.05) is 0 Å². The number of nitrogens with zero attached hydrogens (tertiary/aromatic N) is 2. The fraction of sp³-hybridized carbons (Fsp3) is 0. The maximum absolute atomic E-state index is 10.6. The molecule has 0 spiro atoms. The number of phenols is 1. The molecule has 2 rings (SSSR count). The molecule has 0 aliphatic carbocycles. The fourth-order valence-electron chi connectivity index (χ4n) is 1.30. The van der Waals surface area contributed by atoms with Gasteiger partial charge in [-0.2, -0.15) is 0 Å². The molecule has 0 radical (unpaired) electrons. The number of fused-ring (bicyclic) bond motifs is 1. The lowest BCUT2D eigenvalue weighted by atomic mass is 10.2. The summed E-state index contributed by atoms with van der Waals surface area (Å²) >= 11 is 0. The first-order valence-corrected chi connectivity index (χ1v) is 3.91. The van der Waals surface area contributed by atoms with E-state index in [-0.39, 0.29) is 34.3 Å². The van der Waals surface area contributed by atoms with Crippen LogP contribution < -0.4 is 0 Å². The van der Waals surface area contributed by atoms with Crippen molar-refractivity contribution >= 4 is 34.0 Å². The largest absolute Gasteiger partial charge is 0.506 e. The summed E-state index contributed by atoms with van der Waals surface area (Å²) in [6.45, 7) is 0. The first-order chi connectivity index (χ1) is 6.70. The Morgan fingerprint density at radius 1 is 1.33 bits per heavy atom. The lowest BCUT2D eigenvalue weighted by Gasteiger charge is -1.99. The van der Waals surface area contributed by atoms with Gasteiger partial charge in [0.2, 0.25) is 0 Å². The molecule has 1 heterocycles. The van der Waals surface area contributed by atoms with Crippen molar-refractivity contribution in [3.05, 3.63) is 40.6 Å². The van der Waals surface area contributed by atoms with E-state index in [9.17, 15) is 15.2 Å². The number of rotatable bonds is 1. The van der Waals surface area contributed by atoms with Gasteiger partial charge >= 0.3 is 0 Å². The van der Waals surface area contributed by atoms with E-state index in [0.29, 0.717) is 5.39 Å². The molecule has 15 heavy (non-hydrogen) atoms. The summed E-state index contributed by atoms with van der Waals surface area (Å²) in [5, 5.41) is 20.4. The second-order valence-corrected chi connectivity index (χ2v) is 2.76. The Morgan fingerprint density at radius 3 is 2.73 bits per heavy atom. The van der Waals surface area contributed by atoms with Crippen molar-refractivity contribution in [2.45, 2.75) is 0 Å². The first kappa shape index (κ1) is 11.4. The number of aromatic hydroxyl groups is 1. The molecule has 1 N–H and O–H groups in total. The molecule has 76 valence electrons. The molecule has 0 fully saturated rings. The molecule has 0 aliphatic rings. The number of hydrogen-bond donors (Lipinski definition) is 1. The topological polar surface area (TPSA) is 76.3 Å². The Hall–Kier alpha value is -1.64. The van der Waals surface area contributed by atoms with Gasteiger partial charge in [0.25, 0.3) is 5.69 Å². The minimum Gasteiger partial charge on any atom is -0.506 e. The first-order valence-electron chi connectivity index (χ1n) is 3.91. The lowest BCUT2D eigenvalue weighted by Crippen LogP contribution is -1.90. The second-order valence-electron chi connectivity index (χ2n) is 2.76. The van der Waals surface area contributed by atoms with E-state index in [1.165, 1.54) is 18.3 Å². The van der Waals surface area contributed by atoms with Crippen LogP contribution >= 0.6 is 0 Å². The van der Waals surface area contributed by atoms with E-state index in [4.69, 9.17) is 0 Å². The van der Waals surface area contributed by atoms with E-state index in [1.54, 1.807) is 12.1 Å². The van der Waals surface area contributed by atoms with Gasteiger partial charge in [-0.3, -0.25) is 15.1 Å². The standard InChI is InChI=1S/C9H6N2O3.Al.3H/c12-8-4-3-7(11(13)14)6-2-1-5-10-9(6)8;;;;/h1-5,12H;;;;. The van der Waals surface area contributed by atoms with Crippen LogP contribution in [0.5, 0.6) is 5.75 Å². The van der Waals surface area contributed by atoms with Gasteiger partial charge in [0.1, 0.15) is 11.3 Å². The van der Waals surface area contributed by atoms with Gasteiger partial charge in [-0.05, 0) is 18.2 Å². The molecule has 0 saturated heterocycles. The number of pyridine rings is 1. The summed E-state index contributed by atoms with van der Waals surface area (Å²) in [5.41, 5.74) is 0.201. The summed E-state index contributed by atoms with van der Waals surface area (Å²) in [5.74, 6) is -0.0498. The Kier molecular flexibility index (Phi) is 3.25. The molecule has 0 saturated carbocycles. The van der Waals surface area contributed by atoms with Crippen molar-refractivity contribution in [2.24, 2.45) is 0 Å². The van der Waals surface area contributed by atoms with Crippen LogP contribution in [0, 0.1) is 10.1 Å². The Labute approximate surface area is 95.7 Å². The molecule has 2 aromatic rings. The third-order valence-corrected chi connectivity index (χ3v) is 1.92.